The van der Waals surface area contributed by atoms with Crippen molar-refractivity contribution in [2.45, 2.75) is 20.8 Å². The zero-order valence-electron chi connectivity index (χ0n) is 16.3. The Morgan fingerprint density at radius 3 is 2.26 bits per heavy atom. The Balaban J connectivity index is 1.92. The van der Waals surface area contributed by atoms with Crippen molar-refractivity contribution < 1.29 is 14.3 Å². The van der Waals surface area contributed by atoms with E-state index in [0.717, 1.165) is 30.0 Å². The van der Waals surface area contributed by atoms with Gasteiger partial charge in [0.15, 0.2) is 0 Å². The highest BCUT2D eigenvalue weighted by Gasteiger charge is 2.10. The maximum atomic E-state index is 12.2. The summed E-state index contributed by atoms with van der Waals surface area (Å²) in [5, 5.41) is 5.47. The molecule has 2 aromatic rings. The van der Waals surface area contributed by atoms with Gasteiger partial charge in [-0.15, -0.1) is 0 Å². The molecule has 0 bridgehead atoms. The van der Waals surface area contributed by atoms with Crippen LogP contribution in [0.3, 0.4) is 0 Å². The number of hydrogen-bond donors (Lipinski definition) is 2. The first-order valence-corrected chi connectivity index (χ1v) is 9.06. The minimum absolute atomic E-state index is 0.0951. The summed E-state index contributed by atoms with van der Waals surface area (Å²) in [5.41, 5.74) is 3.33. The Bertz CT molecular complexity index is 784. The van der Waals surface area contributed by atoms with Gasteiger partial charge < -0.3 is 20.3 Å². The Labute approximate surface area is 160 Å². The van der Waals surface area contributed by atoms with Crippen LogP contribution in [0.5, 0.6) is 5.75 Å². The molecule has 0 radical (unpaired) electrons. The maximum absolute atomic E-state index is 12.2. The molecule has 2 N–H and O–H groups in total. The Hall–Kier alpha value is -3.02. The standard InChI is InChI=1S/C21H27N3O3/c1-5-24(6-2)17-9-12-19(15(3)13-17)23-20(25)14-22-21(26)16-7-10-18(27-4)11-8-16/h7-13H,5-6,14H2,1-4H3,(H,22,26)(H,23,25). The van der Waals surface area contributed by atoms with Gasteiger partial charge >= 0.3 is 0 Å². The number of ether oxygens (including phenoxy) is 1. The van der Waals surface area contributed by atoms with Crippen LogP contribution in [0, 0.1) is 6.92 Å². The minimum atomic E-state index is -0.304. The summed E-state index contributed by atoms with van der Waals surface area (Å²) in [6, 6.07) is 12.7. The lowest BCUT2D eigenvalue weighted by atomic mass is 10.1. The van der Waals surface area contributed by atoms with Crippen molar-refractivity contribution in [3.05, 3.63) is 53.6 Å². The Morgan fingerprint density at radius 2 is 1.70 bits per heavy atom. The van der Waals surface area contributed by atoms with E-state index in [1.54, 1.807) is 31.4 Å². The van der Waals surface area contributed by atoms with Gasteiger partial charge in [-0.05, 0) is 68.8 Å². The van der Waals surface area contributed by atoms with Crippen LogP contribution in [-0.2, 0) is 4.79 Å². The number of anilines is 2. The molecule has 0 aromatic heterocycles. The molecular weight excluding hydrogens is 342 g/mol. The van der Waals surface area contributed by atoms with Gasteiger partial charge in [-0.1, -0.05) is 0 Å². The largest absolute Gasteiger partial charge is 0.497 e. The van der Waals surface area contributed by atoms with Crippen LogP contribution in [0.1, 0.15) is 29.8 Å². The third-order valence-electron chi connectivity index (χ3n) is 4.37. The van der Waals surface area contributed by atoms with Crippen LogP contribution in [0.2, 0.25) is 0 Å². The number of carbonyl (C=O) groups excluding carboxylic acids is 2. The molecule has 2 aromatic carbocycles. The molecule has 2 amide bonds. The molecular formula is C21H27N3O3. The van der Waals surface area contributed by atoms with Gasteiger partial charge in [0.05, 0.1) is 13.7 Å². The molecule has 27 heavy (non-hydrogen) atoms. The van der Waals surface area contributed by atoms with E-state index in [0.29, 0.717) is 11.3 Å². The van der Waals surface area contributed by atoms with Crippen LogP contribution in [0.15, 0.2) is 42.5 Å². The monoisotopic (exact) mass is 369 g/mol. The van der Waals surface area contributed by atoms with Crippen molar-refractivity contribution in [2.24, 2.45) is 0 Å². The predicted octanol–water partition coefficient (Wildman–Crippen LogP) is 3.22. The second-order valence-electron chi connectivity index (χ2n) is 6.13. The van der Waals surface area contributed by atoms with Crippen molar-refractivity contribution in [1.82, 2.24) is 5.32 Å². The number of rotatable bonds is 8. The molecule has 0 unspecified atom stereocenters. The highest BCUT2D eigenvalue weighted by atomic mass is 16.5. The van der Waals surface area contributed by atoms with E-state index in [4.69, 9.17) is 4.74 Å². The molecule has 0 aliphatic heterocycles. The van der Waals surface area contributed by atoms with E-state index >= 15 is 0 Å². The smallest absolute Gasteiger partial charge is 0.251 e. The number of methoxy groups -OCH3 is 1. The number of nitrogens with one attached hydrogen (secondary N) is 2. The summed E-state index contributed by atoms with van der Waals surface area (Å²) >= 11 is 0. The number of amides is 2. The molecule has 6 nitrogen and oxygen atoms in total. The average Bonchev–Trinajstić information content (AvgIpc) is 2.69. The molecule has 0 saturated heterocycles. The Morgan fingerprint density at radius 1 is 1.04 bits per heavy atom. The molecule has 0 saturated carbocycles. The van der Waals surface area contributed by atoms with Crippen molar-refractivity contribution in [1.29, 1.82) is 0 Å². The summed E-state index contributed by atoms with van der Waals surface area (Å²) < 4.78 is 5.06. The van der Waals surface area contributed by atoms with E-state index in [1.165, 1.54) is 0 Å². The van der Waals surface area contributed by atoms with E-state index in [2.05, 4.69) is 35.4 Å². The van der Waals surface area contributed by atoms with E-state index in [-0.39, 0.29) is 18.4 Å². The number of carbonyl (C=O) groups is 2. The highest BCUT2D eigenvalue weighted by molar-refractivity contribution is 5.99. The summed E-state index contributed by atoms with van der Waals surface area (Å²) in [6.45, 7) is 7.94. The van der Waals surface area contributed by atoms with Crippen LogP contribution in [0.25, 0.3) is 0 Å². The number of aryl methyl sites for hydroxylation is 1. The SMILES string of the molecule is CCN(CC)c1ccc(NC(=O)CNC(=O)c2ccc(OC)cc2)c(C)c1. The minimum Gasteiger partial charge on any atom is -0.497 e. The van der Waals surface area contributed by atoms with Crippen molar-refractivity contribution in [3.63, 3.8) is 0 Å². The van der Waals surface area contributed by atoms with Crippen LogP contribution in [0.4, 0.5) is 11.4 Å². The number of benzene rings is 2. The molecule has 0 heterocycles. The first kappa shape index (κ1) is 20.3. The average molecular weight is 369 g/mol. The van der Waals surface area contributed by atoms with E-state index in [1.807, 2.05) is 19.1 Å². The first-order valence-electron chi connectivity index (χ1n) is 9.06. The third kappa shape index (κ3) is 5.48. The van der Waals surface area contributed by atoms with Crippen molar-refractivity contribution in [3.8, 4) is 5.75 Å². The zero-order valence-corrected chi connectivity index (χ0v) is 16.3. The van der Waals surface area contributed by atoms with Crippen LogP contribution < -0.4 is 20.3 Å². The fourth-order valence-electron chi connectivity index (χ4n) is 2.77. The summed E-state index contributed by atoms with van der Waals surface area (Å²) in [5.74, 6) is 0.102. The van der Waals surface area contributed by atoms with Gasteiger partial charge in [-0.2, -0.15) is 0 Å². The molecule has 0 aliphatic carbocycles. The van der Waals surface area contributed by atoms with E-state index in [9.17, 15) is 9.59 Å². The molecule has 0 atom stereocenters. The predicted molar refractivity (Wildman–Crippen MR) is 109 cm³/mol. The number of nitrogens with zero attached hydrogens (tertiary/aromatic N) is 1. The summed E-state index contributed by atoms with van der Waals surface area (Å²) in [4.78, 5) is 26.5. The lowest BCUT2D eigenvalue weighted by molar-refractivity contribution is -0.115. The van der Waals surface area contributed by atoms with Gasteiger partial charge in [0, 0.05) is 30.0 Å². The molecule has 0 spiro atoms. The lowest BCUT2D eigenvalue weighted by Crippen LogP contribution is -2.33. The fraction of sp³-hybridized carbons (Fsp3) is 0.333. The topological polar surface area (TPSA) is 70.7 Å². The third-order valence-corrected chi connectivity index (χ3v) is 4.37. The van der Waals surface area contributed by atoms with Gasteiger partial charge in [-0.3, -0.25) is 9.59 Å². The highest BCUT2D eigenvalue weighted by Crippen LogP contribution is 2.22. The van der Waals surface area contributed by atoms with Gasteiger partial charge in [0.1, 0.15) is 5.75 Å². The maximum Gasteiger partial charge on any atom is 0.251 e. The van der Waals surface area contributed by atoms with Crippen LogP contribution >= 0.6 is 0 Å². The Kier molecular flexibility index (Phi) is 7.23. The second kappa shape index (κ2) is 9.62. The fourth-order valence-corrected chi connectivity index (χ4v) is 2.77. The van der Waals surface area contributed by atoms with E-state index < -0.39 is 0 Å². The van der Waals surface area contributed by atoms with Crippen molar-refractivity contribution >= 4 is 23.2 Å². The quantitative estimate of drug-likeness (QED) is 0.750. The van der Waals surface area contributed by atoms with Crippen molar-refractivity contribution in [2.75, 3.05) is 37.0 Å². The molecule has 6 heteroatoms. The molecule has 0 fully saturated rings. The zero-order chi connectivity index (χ0) is 19.8. The normalized spacial score (nSPS) is 10.2. The second-order valence-corrected chi connectivity index (χ2v) is 6.13. The van der Waals surface area contributed by atoms with Crippen LogP contribution in [-0.4, -0.2) is 38.6 Å². The molecule has 2 rings (SSSR count). The first-order chi connectivity index (χ1) is 13.0. The molecule has 144 valence electrons. The lowest BCUT2D eigenvalue weighted by Gasteiger charge is -2.22. The summed E-state index contributed by atoms with van der Waals surface area (Å²) in [6.07, 6.45) is 0. The van der Waals surface area contributed by atoms with Gasteiger partial charge in [0.2, 0.25) is 5.91 Å². The number of hydrogen-bond acceptors (Lipinski definition) is 4. The van der Waals surface area contributed by atoms with Gasteiger partial charge in [0.25, 0.3) is 5.91 Å². The molecule has 0 aliphatic rings. The summed E-state index contributed by atoms with van der Waals surface area (Å²) in [7, 11) is 1.57. The van der Waals surface area contributed by atoms with Gasteiger partial charge in [-0.25, -0.2) is 0 Å².